The minimum Gasteiger partial charge on any atom is -0.466 e. The molecule has 0 aliphatic heterocycles. The van der Waals surface area contributed by atoms with Gasteiger partial charge in [0, 0.05) is 6.04 Å². The summed E-state index contributed by atoms with van der Waals surface area (Å²) >= 11 is 0. The van der Waals surface area contributed by atoms with Crippen molar-refractivity contribution in [3.63, 3.8) is 0 Å². The van der Waals surface area contributed by atoms with E-state index in [2.05, 4.69) is 0 Å². The second-order valence-electron chi connectivity index (χ2n) is 3.98. The Bertz CT molecular complexity index is 149. The summed E-state index contributed by atoms with van der Waals surface area (Å²) in [5.41, 5.74) is 5.75. The van der Waals surface area contributed by atoms with Crippen LogP contribution in [-0.2, 0) is 9.53 Å². The van der Waals surface area contributed by atoms with Crippen molar-refractivity contribution in [2.24, 2.45) is 11.1 Å². The highest BCUT2D eigenvalue weighted by molar-refractivity contribution is 5.70. The van der Waals surface area contributed by atoms with Gasteiger partial charge in [0.1, 0.15) is 0 Å². The molecular formula is C9H19NO2. The topological polar surface area (TPSA) is 52.3 Å². The van der Waals surface area contributed by atoms with Crippen molar-refractivity contribution in [3.05, 3.63) is 0 Å². The van der Waals surface area contributed by atoms with Gasteiger partial charge in [-0.3, -0.25) is 4.79 Å². The van der Waals surface area contributed by atoms with Crippen molar-refractivity contribution in [1.82, 2.24) is 0 Å². The number of esters is 1. The van der Waals surface area contributed by atoms with Crippen LogP contribution < -0.4 is 5.73 Å². The van der Waals surface area contributed by atoms with Gasteiger partial charge in [-0.15, -0.1) is 0 Å². The molecule has 0 bridgehead atoms. The molecule has 0 radical (unpaired) electrons. The quantitative estimate of drug-likeness (QED) is 0.655. The molecule has 3 nitrogen and oxygen atoms in total. The van der Waals surface area contributed by atoms with Crippen molar-refractivity contribution in [2.75, 3.05) is 6.61 Å². The monoisotopic (exact) mass is 173 g/mol. The Labute approximate surface area is 74.3 Å². The average molecular weight is 173 g/mol. The van der Waals surface area contributed by atoms with Crippen LogP contribution in [0, 0.1) is 5.41 Å². The van der Waals surface area contributed by atoms with Gasteiger partial charge in [-0.05, 0) is 12.3 Å². The molecule has 1 atom stereocenters. The molecule has 0 aromatic carbocycles. The molecule has 0 saturated heterocycles. The fraction of sp³-hybridized carbons (Fsp3) is 0.889. The molecule has 0 rings (SSSR count). The highest BCUT2D eigenvalue weighted by Crippen LogP contribution is 2.19. The van der Waals surface area contributed by atoms with Crippen molar-refractivity contribution < 1.29 is 9.53 Å². The van der Waals surface area contributed by atoms with E-state index in [0.717, 1.165) is 0 Å². The second-order valence-corrected chi connectivity index (χ2v) is 3.98. The summed E-state index contributed by atoms with van der Waals surface area (Å²) in [6, 6.07) is -0.128. The van der Waals surface area contributed by atoms with Crippen LogP contribution in [0.3, 0.4) is 0 Å². The average Bonchev–Trinajstić information content (AvgIpc) is 1.85. The van der Waals surface area contributed by atoms with Gasteiger partial charge < -0.3 is 10.5 Å². The van der Waals surface area contributed by atoms with Crippen molar-refractivity contribution in [1.29, 1.82) is 0 Å². The zero-order valence-electron chi connectivity index (χ0n) is 8.39. The molecule has 72 valence electrons. The smallest absolute Gasteiger partial charge is 0.307 e. The summed E-state index contributed by atoms with van der Waals surface area (Å²) in [5.74, 6) is -0.208. The number of ether oxygens (including phenoxy) is 1. The van der Waals surface area contributed by atoms with E-state index in [-0.39, 0.29) is 17.4 Å². The molecule has 0 heterocycles. The first-order chi connectivity index (χ1) is 5.38. The standard InChI is InChI=1S/C9H19NO2/c1-5-12-8(11)6-7(10)9(2,3)4/h7H,5-6,10H2,1-4H3. The maximum absolute atomic E-state index is 11.0. The highest BCUT2D eigenvalue weighted by Gasteiger charge is 2.23. The lowest BCUT2D eigenvalue weighted by Gasteiger charge is -2.25. The Balaban J connectivity index is 3.84. The summed E-state index contributed by atoms with van der Waals surface area (Å²) in [5, 5.41) is 0. The largest absolute Gasteiger partial charge is 0.466 e. The molecule has 2 N–H and O–H groups in total. The first-order valence-corrected chi connectivity index (χ1v) is 4.29. The van der Waals surface area contributed by atoms with Crippen molar-refractivity contribution >= 4 is 5.97 Å². The number of carbonyl (C=O) groups excluding carboxylic acids is 1. The molecule has 12 heavy (non-hydrogen) atoms. The Morgan fingerprint density at radius 2 is 2.00 bits per heavy atom. The predicted molar refractivity (Wildman–Crippen MR) is 48.7 cm³/mol. The number of rotatable bonds is 3. The van der Waals surface area contributed by atoms with Crippen LogP contribution in [0.4, 0.5) is 0 Å². The Morgan fingerprint density at radius 1 is 1.50 bits per heavy atom. The number of nitrogens with two attached hydrogens (primary N) is 1. The van der Waals surface area contributed by atoms with E-state index in [1.807, 2.05) is 20.8 Å². The lowest BCUT2D eigenvalue weighted by Crippen LogP contribution is -2.37. The van der Waals surface area contributed by atoms with E-state index >= 15 is 0 Å². The minimum atomic E-state index is -0.208. The molecule has 0 saturated carbocycles. The summed E-state index contributed by atoms with van der Waals surface area (Å²) in [6.45, 7) is 8.25. The lowest BCUT2D eigenvalue weighted by molar-refractivity contribution is -0.144. The molecule has 0 amide bonds. The van der Waals surface area contributed by atoms with Crippen LogP contribution in [0.1, 0.15) is 34.1 Å². The van der Waals surface area contributed by atoms with Gasteiger partial charge in [0.05, 0.1) is 13.0 Å². The van der Waals surface area contributed by atoms with Gasteiger partial charge in [-0.1, -0.05) is 20.8 Å². The zero-order valence-corrected chi connectivity index (χ0v) is 8.39. The molecule has 0 aliphatic rings. The lowest BCUT2D eigenvalue weighted by atomic mass is 9.85. The molecule has 0 aromatic heterocycles. The third-order valence-corrected chi connectivity index (χ3v) is 1.80. The van der Waals surface area contributed by atoms with Crippen molar-refractivity contribution in [3.8, 4) is 0 Å². The maximum Gasteiger partial charge on any atom is 0.307 e. The fourth-order valence-electron chi connectivity index (χ4n) is 0.706. The van der Waals surface area contributed by atoms with E-state index in [9.17, 15) is 4.79 Å². The van der Waals surface area contributed by atoms with E-state index in [4.69, 9.17) is 10.5 Å². The summed E-state index contributed by atoms with van der Waals surface area (Å²) < 4.78 is 4.79. The number of hydrogen-bond acceptors (Lipinski definition) is 3. The van der Waals surface area contributed by atoms with Gasteiger partial charge in [0.2, 0.25) is 0 Å². The third kappa shape index (κ3) is 4.34. The Morgan fingerprint density at radius 3 is 2.33 bits per heavy atom. The second kappa shape index (κ2) is 4.45. The van der Waals surface area contributed by atoms with Gasteiger partial charge in [-0.25, -0.2) is 0 Å². The van der Waals surface area contributed by atoms with Gasteiger partial charge >= 0.3 is 5.97 Å². The van der Waals surface area contributed by atoms with Crippen molar-refractivity contribution in [2.45, 2.75) is 40.2 Å². The minimum absolute atomic E-state index is 0.0350. The van der Waals surface area contributed by atoms with Crippen LogP contribution in [0.5, 0.6) is 0 Å². The zero-order chi connectivity index (χ0) is 9.78. The van der Waals surface area contributed by atoms with Gasteiger partial charge in [0.15, 0.2) is 0 Å². The van der Waals surface area contributed by atoms with Crippen LogP contribution in [0.2, 0.25) is 0 Å². The van der Waals surface area contributed by atoms with E-state index in [0.29, 0.717) is 13.0 Å². The predicted octanol–water partition coefficient (Wildman–Crippen LogP) is 1.31. The Kier molecular flexibility index (Phi) is 4.24. The van der Waals surface area contributed by atoms with E-state index in [1.54, 1.807) is 6.92 Å². The Hall–Kier alpha value is -0.570. The molecular weight excluding hydrogens is 154 g/mol. The highest BCUT2D eigenvalue weighted by atomic mass is 16.5. The number of hydrogen-bond donors (Lipinski definition) is 1. The molecule has 0 fully saturated rings. The van der Waals surface area contributed by atoms with Gasteiger partial charge in [-0.2, -0.15) is 0 Å². The molecule has 3 heteroatoms. The summed E-state index contributed by atoms with van der Waals surface area (Å²) in [6.07, 6.45) is 0.303. The molecule has 0 aliphatic carbocycles. The first kappa shape index (κ1) is 11.4. The van der Waals surface area contributed by atoms with Gasteiger partial charge in [0.25, 0.3) is 0 Å². The maximum atomic E-state index is 11.0. The number of carbonyl (C=O) groups is 1. The van der Waals surface area contributed by atoms with Crippen LogP contribution in [-0.4, -0.2) is 18.6 Å². The van der Waals surface area contributed by atoms with E-state index < -0.39 is 0 Å². The normalized spacial score (nSPS) is 14.1. The summed E-state index contributed by atoms with van der Waals surface area (Å²) in [4.78, 5) is 11.0. The van der Waals surface area contributed by atoms with E-state index in [1.165, 1.54) is 0 Å². The third-order valence-electron chi connectivity index (χ3n) is 1.80. The molecule has 1 unspecified atom stereocenters. The SMILES string of the molecule is CCOC(=O)CC(N)C(C)(C)C. The summed E-state index contributed by atoms with van der Waals surface area (Å²) in [7, 11) is 0. The van der Waals surface area contributed by atoms with Crippen LogP contribution in [0.15, 0.2) is 0 Å². The van der Waals surface area contributed by atoms with Crippen LogP contribution >= 0.6 is 0 Å². The fourth-order valence-corrected chi connectivity index (χ4v) is 0.706. The van der Waals surface area contributed by atoms with Crippen LogP contribution in [0.25, 0.3) is 0 Å². The molecule has 0 aromatic rings. The first-order valence-electron chi connectivity index (χ1n) is 4.29. The molecule has 0 spiro atoms.